The summed E-state index contributed by atoms with van der Waals surface area (Å²) < 4.78 is 9.94. The zero-order valence-electron chi connectivity index (χ0n) is 18.2. The molecule has 0 unspecified atom stereocenters. The molecule has 156 valence electrons. The largest absolute Gasteiger partial charge is 1.00 e. The normalized spacial score (nSPS) is 12.9. The van der Waals surface area contributed by atoms with Crippen LogP contribution in [-0.4, -0.2) is 62.4 Å². The molecule has 0 saturated carbocycles. The third-order valence-electron chi connectivity index (χ3n) is 2.52. The standard InChI is InChI=1S/C16H28N2O8Se.2Li/c1-15(2,3)25-13(23)17-9(11(19)20)7-27-8-10(12(21)22)18-14(24)26-16(4,5)6;;/h9-10H,7-8H2,1-6H3,(H,17,23)(H,18,24)(H,19,20)(H,21,22);;/q;2*+1/p-2/t9-,10-;;/m0../s1. The van der Waals surface area contributed by atoms with E-state index in [4.69, 9.17) is 9.47 Å². The zero-order valence-corrected chi connectivity index (χ0v) is 20.0. The Morgan fingerprint density at radius 2 is 1.03 bits per heavy atom. The van der Waals surface area contributed by atoms with Gasteiger partial charge < -0.3 is 0 Å². The van der Waals surface area contributed by atoms with E-state index in [0.717, 1.165) is 0 Å². The van der Waals surface area contributed by atoms with Crippen LogP contribution < -0.4 is 58.6 Å². The predicted molar refractivity (Wildman–Crippen MR) is 91.7 cm³/mol. The Hall–Kier alpha value is -0.806. The number of carboxylic acids is 2. The first-order chi connectivity index (χ1) is 12.1. The summed E-state index contributed by atoms with van der Waals surface area (Å²) in [4.78, 5) is 45.6. The second kappa shape index (κ2) is 14.2. The molecule has 0 heterocycles. The van der Waals surface area contributed by atoms with Crippen molar-refractivity contribution in [3.05, 3.63) is 0 Å². The van der Waals surface area contributed by atoms with Crippen LogP contribution in [0.1, 0.15) is 41.5 Å². The topological polar surface area (TPSA) is 157 Å². The van der Waals surface area contributed by atoms with Crippen molar-refractivity contribution < 1.29 is 76.6 Å². The SMILES string of the molecule is CC(C)(C)OC(=O)N[C@@H](C[Se]C[C@H](NC(=O)OC(C)(C)C)C(=O)[O-])C(=O)[O-].[Li+].[Li+]. The molecule has 0 aliphatic rings. The summed E-state index contributed by atoms with van der Waals surface area (Å²) in [6.07, 6.45) is -1.84. The van der Waals surface area contributed by atoms with Crippen molar-refractivity contribution in [1.82, 2.24) is 10.6 Å². The van der Waals surface area contributed by atoms with Gasteiger partial charge in [0, 0.05) is 0 Å². The fourth-order valence-corrected chi connectivity index (χ4v) is 3.74. The minimum Gasteiger partial charge on any atom is 1.00 e. The van der Waals surface area contributed by atoms with Crippen LogP contribution in [0.15, 0.2) is 0 Å². The monoisotopic (exact) mass is 468 g/mol. The number of ether oxygens (including phenoxy) is 2. The summed E-state index contributed by atoms with van der Waals surface area (Å²) >= 11 is -0.570. The minimum atomic E-state index is -1.52. The molecule has 2 N–H and O–H groups in total. The summed E-state index contributed by atoms with van der Waals surface area (Å²) in [6.45, 7) is 9.73. The first-order valence-corrected chi connectivity index (χ1v) is 10.5. The van der Waals surface area contributed by atoms with Crippen LogP contribution in [0.2, 0.25) is 10.6 Å². The van der Waals surface area contributed by atoms with Crippen LogP contribution in [0.4, 0.5) is 9.59 Å². The molecule has 29 heavy (non-hydrogen) atoms. The first-order valence-electron chi connectivity index (χ1n) is 8.09. The van der Waals surface area contributed by atoms with Crippen LogP contribution in [0.25, 0.3) is 0 Å². The summed E-state index contributed by atoms with van der Waals surface area (Å²) in [5.74, 6) is -3.04. The molecule has 0 bridgehead atoms. The molecule has 0 spiro atoms. The molecule has 13 heteroatoms. The van der Waals surface area contributed by atoms with Crippen LogP contribution >= 0.6 is 0 Å². The van der Waals surface area contributed by atoms with Gasteiger partial charge in [-0.25, -0.2) is 0 Å². The van der Waals surface area contributed by atoms with Gasteiger partial charge in [0.25, 0.3) is 0 Å². The van der Waals surface area contributed by atoms with Crippen molar-refractivity contribution in [3.63, 3.8) is 0 Å². The van der Waals surface area contributed by atoms with Crippen molar-refractivity contribution in [2.75, 3.05) is 0 Å². The molecule has 0 aliphatic carbocycles. The van der Waals surface area contributed by atoms with Crippen molar-refractivity contribution in [1.29, 1.82) is 0 Å². The van der Waals surface area contributed by atoms with Gasteiger partial charge in [0.2, 0.25) is 0 Å². The number of carbonyl (C=O) groups is 4. The summed E-state index contributed by atoms with van der Waals surface area (Å²) in [7, 11) is 0. The van der Waals surface area contributed by atoms with Crippen molar-refractivity contribution in [2.45, 2.75) is 75.5 Å². The molecule has 0 aromatic rings. The number of rotatable bonds is 8. The van der Waals surface area contributed by atoms with E-state index in [1.54, 1.807) is 41.5 Å². The van der Waals surface area contributed by atoms with Gasteiger partial charge in [0.05, 0.1) is 0 Å². The van der Waals surface area contributed by atoms with Crippen molar-refractivity contribution >= 4 is 39.1 Å². The van der Waals surface area contributed by atoms with Crippen molar-refractivity contribution in [2.24, 2.45) is 0 Å². The summed E-state index contributed by atoms with van der Waals surface area (Å²) in [6, 6.07) is -2.69. The van der Waals surface area contributed by atoms with E-state index >= 15 is 0 Å². The quantitative estimate of drug-likeness (QED) is 0.334. The number of aliphatic carboxylic acids is 2. The van der Waals surface area contributed by atoms with E-state index < -0.39 is 62.4 Å². The van der Waals surface area contributed by atoms with E-state index in [0.29, 0.717) is 0 Å². The molecular weight excluding hydrogens is 441 g/mol. The van der Waals surface area contributed by atoms with Gasteiger partial charge in [-0.05, 0) is 0 Å². The fourth-order valence-electron chi connectivity index (χ4n) is 1.54. The molecule has 0 saturated heterocycles. The van der Waals surface area contributed by atoms with E-state index in [2.05, 4.69) is 10.6 Å². The third kappa shape index (κ3) is 17.7. The van der Waals surface area contributed by atoms with Gasteiger partial charge in [-0.1, -0.05) is 0 Å². The number of carbonyl (C=O) groups excluding carboxylic acids is 4. The van der Waals surface area contributed by atoms with Gasteiger partial charge in [0.1, 0.15) is 0 Å². The Morgan fingerprint density at radius 1 is 0.759 bits per heavy atom. The number of amides is 2. The van der Waals surface area contributed by atoms with Gasteiger partial charge in [-0.15, -0.1) is 0 Å². The Bertz CT molecular complexity index is 516. The Labute approximate surface area is 201 Å². The molecule has 0 fully saturated rings. The number of nitrogens with one attached hydrogen (secondary N) is 2. The predicted octanol–water partition coefficient (Wildman–Crippen LogP) is -7.18. The molecule has 0 aliphatic heterocycles. The second-order valence-corrected chi connectivity index (χ2v) is 9.83. The average molecular weight is 467 g/mol. The number of carboxylic acid groups (broad SMARTS) is 2. The summed E-state index contributed by atoms with van der Waals surface area (Å²) in [5.41, 5.74) is -1.60. The Kier molecular flexibility index (Phi) is 16.1. The summed E-state index contributed by atoms with van der Waals surface area (Å²) in [5, 5.41) is 26.5. The maximum Gasteiger partial charge on any atom is 1.00 e. The van der Waals surface area contributed by atoms with E-state index in [-0.39, 0.29) is 48.4 Å². The van der Waals surface area contributed by atoms with Gasteiger partial charge >= 0.3 is 202 Å². The van der Waals surface area contributed by atoms with Crippen LogP contribution in [-0.2, 0) is 19.1 Å². The maximum atomic E-state index is 11.7. The second-order valence-electron chi connectivity index (χ2n) is 7.57. The van der Waals surface area contributed by atoms with Crippen LogP contribution in [0.5, 0.6) is 0 Å². The van der Waals surface area contributed by atoms with Gasteiger partial charge in [0.15, 0.2) is 0 Å². The molecule has 10 nitrogen and oxygen atoms in total. The molecule has 0 aromatic heterocycles. The molecular formula is C16H26Li2N2O8Se. The van der Waals surface area contributed by atoms with Crippen LogP contribution in [0, 0.1) is 0 Å². The first kappa shape index (κ1) is 32.8. The van der Waals surface area contributed by atoms with Crippen molar-refractivity contribution in [3.8, 4) is 0 Å². The molecule has 2 amide bonds. The molecule has 2 atom stereocenters. The fraction of sp³-hybridized carbons (Fsp3) is 0.750. The van der Waals surface area contributed by atoms with E-state index in [1.807, 2.05) is 0 Å². The number of hydrogen-bond acceptors (Lipinski definition) is 8. The maximum absolute atomic E-state index is 11.7. The smallest absolute Gasteiger partial charge is 1.00 e. The van der Waals surface area contributed by atoms with Gasteiger partial charge in [-0.3, -0.25) is 0 Å². The Morgan fingerprint density at radius 3 is 1.24 bits per heavy atom. The third-order valence-corrected chi connectivity index (χ3v) is 4.91. The zero-order chi connectivity index (χ0) is 21.4. The number of alkyl carbamates (subject to hydrolysis) is 2. The average Bonchev–Trinajstić information content (AvgIpc) is 2.40. The molecule has 0 rings (SSSR count). The molecule has 0 aromatic carbocycles. The van der Waals surface area contributed by atoms with E-state index in [1.165, 1.54) is 0 Å². The van der Waals surface area contributed by atoms with E-state index in [9.17, 15) is 29.4 Å². The molecule has 0 radical (unpaired) electrons. The van der Waals surface area contributed by atoms with Gasteiger partial charge in [-0.2, -0.15) is 0 Å². The van der Waals surface area contributed by atoms with Crippen LogP contribution in [0.3, 0.4) is 0 Å². The Balaban J connectivity index is -0.00000338. The number of hydrogen-bond donors (Lipinski definition) is 2. The minimum absolute atomic E-state index is 0.